The van der Waals surface area contributed by atoms with E-state index in [1.807, 2.05) is 6.92 Å². The molecule has 0 atom stereocenters. The number of benzene rings is 2. The molecule has 3 nitrogen and oxygen atoms in total. The number of hydrogen-bond donors (Lipinski definition) is 0. The van der Waals surface area contributed by atoms with E-state index >= 15 is 0 Å². The summed E-state index contributed by atoms with van der Waals surface area (Å²) in [6.07, 6.45) is 1.46. The predicted molar refractivity (Wildman–Crippen MR) is 88.1 cm³/mol. The maximum Gasteiger partial charge on any atom is 0.268 e. The van der Waals surface area contributed by atoms with E-state index in [-0.39, 0.29) is 4.90 Å². The fourth-order valence-corrected chi connectivity index (χ4v) is 4.54. The molecule has 0 fully saturated rings. The number of aryl methyl sites for hydroxylation is 2. The molecule has 0 aliphatic carbocycles. The smallest absolute Gasteiger partial charge is 0.240 e. The summed E-state index contributed by atoms with van der Waals surface area (Å²) in [5, 5.41) is 0.535. The summed E-state index contributed by atoms with van der Waals surface area (Å²) in [6.45, 7) is 3.59. The normalized spacial score (nSPS) is 12.0. The van der Waals surface area contributed by atoms with Gasteiger partial charge in [0.25, 0.3) is 10.0 Å². The molecule has 0 amide bonds. The van der Waals surface area contributed by atoms with Crippen molar-refractivity contribution in [1.29, 1.82) is 0 Å². The van der Waals surface area contributed by atoms with Crippen LogP contribution in [-0.4, -0.2) is 12.4 Å². The second-order valence-corrected chi connectivity index (χ2v) is 7.88. The number of halogens is 2. The standard InChI is InChI=1S/C16H13BrFNO2S/c1-10-3-5-13(6-4-10)22(20,21)19-9-15(17)14-8-12(18)7-11(2)16(14)19/h3-9H,1-2H3. The van der Waals surface area contributed by atoms with Crippen molar-refractivity contribution in [2.45, 2.75) is 18.7 Å². The molecule has 6 heteroatoms. The second kappa shape index (κ2) is 5.21. The van der Waals surface area contributed by atoms with Crippen molar-refractivity contribution in [2.75, 3.05) is 0 Å². The highest BCUT2D eigenvalue weighted by atomic mass is 79.9. The summed E-state index contributed by atoms with van der Waals surface area (Å²) < 4.78 is 41.0. The maximum absolute atomic E-state index is 13.6. The van der Waals surface area contributed by atoms with Crippen LogP contribution < -0.4 is 0 Å². The number of nitrogens with zero attached hydrogens (tertiary/aromatic N) is 1. The lowest BCUT2D eigenvalue weighted by Crippen LogP contribution is -2.12. The van der Waals surface area contributed by atoms with Crippen molar-refractivity contribution in [3.63, 3.8) is 0 Å². The molecule has 0 radical (unpaired) electrons. The quantitative estimate of drug-likeness (QED) is 0.659. The Hall–Kier alpha value is -1.66. The molecule has 0 aliphatic rings. The first-order valence-electron chi connectivity index (χ1n) is 6.59. The Morgan fingerprint density at radius 3 is 2.36 bits per heavy atom. The van der Waals surface area contributed by atoms with E-state index < -0.39 is 15.8 Å². The fourth-order valence-electron chi connectivity index (χ4n) is 2.46. The Morgan fingerprint density at radius 1 is 1.09 bits per heavy atom. The summed E-state index contributed by atoms with van der Waals surface area (Å²) in [7, 11) is -3.73. The van der Waals surface area contributed by atoms with E-state index in [2.05, 4.69) is 15.9 Å². The summed E-state index contributed by atoms with van der Waals surface area (Å²) in [5.41, 5.74) is 2.03. The van der Waals surface area contributed by atoms with Crippen molar-refractivity contribution in [3.8, 4) is 0 Å². The lowest BCUT2D eigenvalue weighted by molar-refractivity contribution is 0.588. The van der Waals surface area contributed by atoms with E-state index in [1.165, 1.54) is 22.3 Å². The van der Waals surface area contributed by atoms with Gasteiger partial charge in [-0.1, -0.05) is 17.7 Å². The van der Waals surface area contributed by atoms with Crippen LogP contribution in [-0.2, 0) is 10.0 Å². The van der Waals surface area contributed by atoms with Gasteiger partial charge in [0.1, 0.15) is 5.82 Å². The highest BCUT2D eigenvalue weighted by Gasteiger charge is 2.22. The molecule has 0 bridgehead atoms. The minimum absolute atomic E-state index is 0.200. The Kier molecular flexibility index (Phi) is 3.61. The number of aromatic nitrogens is 1. The minimum Gasteiger partial charge on any atom is -0.240 e. The van der Waals surface area contributed by atoms with Crippen LogP contribution in [0.4, 0.5) is 4.39 Å². The van der Waals surface area contributed by atoms with Crippen LogP contribution in [0.3, 0.4) is 0 Å². The Balaban J connectivity index is 2.32. The largest absolute Gasteiger partial charge is 0.268 e. The number of hydrogen-bond acceptors (Lipinski definition) is 2. The molecule has 0 spiro atoms. The highest BCUT2D eigenvalue weighted by Crippen LogP contribution is 2.32. The third kappa shape index (κ3) is 2.36. The van der Waals surface area contributed by atoms with Crippen LogP contribution in [0.15, 0.2) is 52.0 Å². The lowest BCUT2D eigenvalue weighted by atomic mass is 10.1. The zero-order chi connectivity index (χ0) is 16.1. The molecule has 1 heterocycles. The molecular weight excluding hydrogens is 369 g/mol. The van der Waals surface area contributed by atoms with E-state index in [9.17, 15) is 12.8 Å². The van der Waals surface area contributed by atoms with Gasteiger partial charge in [-0.25, -0.2) is 16.8 Å². The molecule has 3 aromatic rings. The van der Waals surface area contributed by atoms with E-state index in [0.717, 1.165) is 5.56 Å². The lowest BCUT2D eigenvalue weighted by Gasteiger charge is -2.09. The van der Waals surface area contributed by atoms with Gasteiger partial charge < -0.3 is 0 Å². The molecule has 1 aromatic heterocycles. The molecule has 22 heavy (non-hydrogen) atoms. The Morgan fingerprint density at radius 2 is 1.73 bits per heavy atom. The van der Waals surface area contributed by atoms with Gasteiger partial charge in [-0.2, -0.15) is 0 Å². The fraction of sp³-hybridized carbons (Fsp3) is 0.125. The average molecular weight is 382 g/mol. The zero-order valence-corrected chi connectivity index (χ0v) is 14.4. The van der Waals surface area contributed by atoms with Crippen LogP contribution in [0.2, 0.25) is 0 Å². The van der Waals surface area contributed by atoms with Gasteiger partial charge in [-0.05, 0) is 59.6 Å². The van der Waals surface area contributed by atoms with Crippen LogP contribution in [0, 0.1) is 19.7 Å². The van der Waals surface area contributed by atoms with Crippen molar-refractivity contribution >= 4 is 36.9 Å². The topological polar surface area (TPSA) is 39.1 Å². The summed E-state index contributed by atoms with van der Waals surface area (Å²) in [4.78, 5) is 0.200. The molecule has 0 saturated heterocycles. The molecular formula is C16H13BrFNO2S. The summed E-state index contributed by atoms with van der Waals surface area (Å²) >= 11 is 3.31. The Labute approximate surface area is 136 Å². The third-order valence-corrected chi connectivity index (χ3v) is 5.86. The Bertz CT molecular complexity index is 976. The van der Waals surface area contributed by atoms with Gasteiger partial charge in [-0.15, -0.1) is 0 Å². The highest BCUT2D eigenvalue weighted by molar-refractivity contribution is 9.10. The third-order valence-electron chi connectivity index (χ3n) is 3.55. The van der Waals surface area contributed by atoms with E-state index in [1.54, 1.807) is 31.2 Å². The first-order valence-corrected chi connectivity index (χ1v) is 8.83. The SMILES string of the molecule is Cc1ccc(S(=O)(=O)n2cc(Br)c3cc(F)cc(C)c32)cc1. The van der Waals surface area contributed by atoms with Gasteiger partial charge in [-0.3, -0.25) is 0 Å². The van der Waals surface area contributed by atoms with Gasteiger partial charge in [0, 0.05) is 16.1 Å². The van der Waals surface area contributed by atoms with Crippen molar-refractivity contribution in [2.24, 2.45) is 0 Å². The number of fused-ring (bicyclic) bond motifs is 1. The molecule has 2 aromatic carbocycles. The minimum atomic E-state index is -3.73. The first-order chi connectivity index (χ1) is 10.3. The van der Waals surface area contributed by atoms with Crippen LogP contribution in [0.25, 0.3) is 10.9 Å². The van der Waals surface area contributed by atoms with Gasteiger partial charge >= 0.3 is 0 Å². The van der Waals surface area contributed by atoms with E-state index in [4.69, 9.17) is 0 Å². The maximum atomic E-state index is 13.6. The molecule has 0 saturated carbocycles. The van der Waals surface area contributed by atoms with Gasteiger partial charge in [0.15, 0.2) is 0 Å². The predicted octanol–water partition coefficient (Wildman–Crippen LogP) is 4.40. The zero-order valence-electron chi connectivity index (χ0n) is 12.0. The summed E-state index contributed by atoms with van der Waals surface area (Å²) in [6, 6.07) is 9.30. The van der Waals surface area contributed by atoms with Crippen molar-refractivity contribution in [1.82, 2.24) is 3.97 Å². The van der Waals surface area contributed by atoms with Crippen molar-refractivity contribution in [3.05, 3.63) is 64.0 Å². The van der Waals surface area contributed by atoms with Crippen LogP contribution in [0.5, 0.6) is 0 Å². The molecule has 0 N–H and O–H groups in total. The van der Waals surface area contributed by atoms with Crippen LogP contribution in [0.1, 0.15) is 11.1 Å². The molecule has 0 aliphatic heterocycles. The molecule has 3 rings (SSSR count). The second-order valence-electron chi connectivity index (χ2n) is 5.21. The van der Waals surface area contributed by atoms with E-state index in [0.29, 0.717) is 20.9 Å². The monoisotopic (exact) mass is 381 g/mol. The van der Waals surface area contributed by atoms with Crippen molar-refractivity contribution < 1.29 is 12.8 Å². The molecule has 114 valence electrons. The number of rotatable bonds is 2. The average Bonchev–Trinajstić information content (AvgIpc) is 2.78. The first kappa shape index (κ1) is 15.2. The van der Waals surface area contributed by atoms with Gasteiger partial charge in [0.05, 0.1) is 10.4 Å². The molecule has 0 unspecified atom stereocenters. The van der Waals surface area contributed by atoms with Gasteiger partial charge in [0.2, 0.25) is 0 Å². The van der Waals surface area contributed by atoms with Crippen LogP contribution >= 0.6 is 15.9 Å². The summed E-state index contributed by atoms with van der Waals surface area (Å²) in [5.74, 6) is -0.392.